The van der Waals surface area contributed by atoms with Crippen LogP contribution in [0.1, 0.15) is 5.69 Å². The van der Waals surface area contributed by atoms with Gasteiger partial charge in [0.05, 0.1) is 34.2 Å². The summed E-state index contributed by atoms with van der Waals surface area (Å²) < 4.78 is 30.2. The third-order valence-corrected chi connectivity index (χ3v) is 6.45. The molecule has 4 aromatic rings. The first-order valence-corrected chi connectivity index (χ1v) is 11.0. The van der Waals surface area contributed by atoms with Gasteiger partial charge in [0, 0.05) is 30.0 Å². The Morgan fingerprint density at radius 2 is 1.97 bits per heavy atom. The van der Waals surface area contributed by atoms with Crippen LogP contribution in [-0.4, -0.2) is 48.1 Å². The Bertz CT molecular complexity index is 1300. The summed E-state index contributed by atoms with van der Waals surface area (Å²) in [5, 5.41) is 11.4. The fourth-order valence-electron chi connectivity index (χ4n) is 3.15. The van der Waals surface area contributed by atoms with Gasteiger partial charge in [-0.2, -0.15) is 5.10 Å². The van der Waals surface area contributed by atoms with Gasteiger partial charge in [-0.3, -0.25) is 5.10 Å². The minimum atomic E-state index is -3.51. The fraction of sp³-hybridized carbons (Fsp3) is 0.190. The predicted octanol–water partition coefficient (Wildman–Crippen LogP) is 3.49. The maximum atomic E-state index is 12.6. The maximum absolute atomic E-state index is 12.6. The maximum Gasteiger partial charge on any atom is 0.227 e. The van der Waals surface area contributed by atoms with E-state index in [9.17, 15) is 8.42 Å². The van der Waals surface area contributed by atoms with E-state index in [1.165, 1.54) is 7.11 Å². The van der Waals surface area contributed by atoms with Crippen LogP contribution >= 0.6 is 0 Å². The molecule has 2 N–H and O–H groups in total. The lowest BCUT2D eigenvalue weighted by molar-refractivity contribution is 0.217. The second-order valence-electron chi connectivity index (χ2n) is 6.78. The van der Waals surface area contributed by atoms with Crippen molar-refractivity contribution in [1.82, 2.24) is 20.2 Å². The molecule has 9 heteroatoms. The van der Waals surface area contributed by atoms with E-state index in [1.54, 1.807) is 36.5 Å². The molecule has 30 heavy (non-hydrogen) atoms. The number of aromatic nitrogens is 4. The van der Waals surface area contributed by atoms with Crippen LogP contribution in [0.3, 0.4) is 0 Å². The number of methoxy groups -OCH3 is 1. The molecule has 0 unspecified atom stereocenters. The van der Waals surface area contributed by atoms with Crippen molar-refractivity contribution < 1.29 is 13.2 Å². The number of sulfone groups is 1. The number of hydrogen-bond donors (Lipinski definition) is 2. The Hall–Kier alpha value is -3.30. The zero-order valence-corrected chi connectivity index (χ0v) is 17.4. The van der Waals surface area contributed by atoms with Crippen LogP contribution in [0.25, 0.3) is 22.2 Å². The van der Waals surface area contributed by atoms with Gasteiger partial charge in [-0.1, -0.05) is 24.3 Å². The number of ether oxygens (including phenoxy) is 1. The van der Waals surface area contributed by atoms with Crippen molar-refractivity contribution in [3.05, 3.63) is 60.4 Å². The number of aryl methyl sites for hydroxylation is 1. The number of anilines is 2. The quantitative estimate of drug-likeness (QED) is 0.468. The zero-order valence-electron chi connectivity index (χ0n) is 16.6. The van der Waals surface area contributed by atoms with Crippen LogP contribution in [0.4, 0.5) is 11.6 Å². The normalized spacial score (nSPS) is 11.7. The molecule has 2 aromatic carbocycles. The first-order chi connectivity index (χ1) is 14.5. The molecule has 4 rings (SSSR count). The second kappa shape index (κ2) is 8.21. The molecule has 0 atom stereocenters. The Morgan fingerprint density at radius 1 is 1.13 bits per heavy atom. The molecule has 2 aromatic heterocycles. The average molecular weight is 423 g/mol. The average Bonchev–Trinajstić information content (AvgIpc) is 3.13. The third-order valence-electron chi connectivity index (χ3n) is 4.72. The third kappa shape index (κ3) is 4.03. The van der Waals surface area contributed by atoms with Gasteiger partial charge in [-0.05, 0) is 31.2 Å². The monoisotopic (exact) mass is 423 g/mol. The molecule has 8 nitrogen and oxygen atoms in total. The van der Waals surface area contributed by atoms with E-state index in [0.717, 1.165) is 22.2 Å². The van der Waals surface area contributed by atoms with E-state index in [-0.39, 0.29) is 17.3 Å². The van der Waals surface area contributed by atoms with E-state index >= 15 is 0 Å². The number of nitrogens with one attached hydrogen (secondary N) is 2. The number of para-hydroxylation sites is 1. The second-order valence-corrected chi connectivity index (χ2v) is 8.86. The van der Waals surface area contributed by atoms with E-state index in [1.807, 2.05) is 25.1 Å². The lowest BCUT2D eigenvalue weighted by Crippen LogP contribution is -2.13. The van der Waals surface area contributed by atoms with Gasteiger partial charge in [-0.15, -0.1) is 0 Å². The highest BCUT2D eigenvalue weighted by Gasteiger charge is 2.19. The van der Waals surface area contributed by atoms with Crippen LogP contribution in [-0.2, 0) is 14.6 Å². The van der Waals surface area contributed by atoms with Gasteiger partial charge in [0.15, 0.2) is 9.84 Å². The van der Waals surface area contributed by atoms with Gasteiger partial charge < -0.3 is 10.1 Å². The minimum absolute atomic E-state index is 0.105. The molecular formula is C21H21N5O3S. The topological polar surface area (TPSA) is 110 Å². The highest BCUT2D eigenvalue weighted by molar-refractivity contribution is 7.91. The Morgan fingerprint density at radius 3 is 2.80 bits per heavy atom. The van der Waals surface area contributed by atoms with E-state index < -0.39 is 9.84 Å². The summed E-state index contributed by atoms with van der Waals surface area (Å²) in [4.78, 5) is 8.99. The molecule has 0 aliphatic rings. The number of H-pyrrole nitrogens is 1. The number of fused-ring (bicyclic) bond motifs is 1. The fourth-order valence-corrected chi connectivity index (χ4v) is 4.50. The smallest absolute Gasteiger partial charge is 0.227 e. The summed E-state index contributed by atoms with van der Waals surface area (Å²) >= 11 is 0. The van der Waals surface area contributed by atoms with Crippen molar-refractivity contribution in [2.24, 2.45) is 0 Å². The van der Waals surface area contributed by atoms with Crippen molar-refractivity contribution in [2.75, 3.05) is 24.8 Å². The number of rotatable bonds is 7. The van der Waals surface area contributed by atoms with Gasteiger partial charge in [-0.25, -0.2) is 18.4 Å². The lowest BCUT2D eigenvalue weighted by Gasteiger charge is -2.12. The van der Waals surface area contributed by atoms with E-state index in [2.05, 4.69) is 25.5 Å². The van der Waals surface area contributed by atoms with Gasteiger partial charge in [0.1, 0.15) is 0 Å². The summed E-state index contributed by atoms with van der Waals surface area (Å²) in [6.45, 7) is 2.09. The van der Waals surface area contributed by atoms with E-state index in [4.69, 9.17) is 4.74 Å². The standard InChI is InChI=1S/C21H21N5O3S/c1-14-16-8-7-15(13-19(16)26-25-14)17-9-10-22-21(23-17)24-18-5-3-4-6-20(18)30(27,28)12-11-29-2/h3-10,13H,11-12H2,1-2H3,(H,25,26)(H,22,23,24). The first-order valence-electron chi connectivity index (χ1n) is 9.34. The van der Waals surface area contributed by atoms with Crippen LogP contribution in [0.15, 0.2) is 59.6 Å². The summed E-state index contributed by atoms with van der Waals surface area (Å²) in [7, 11) is -2.04. The van der Waals surface area contributed by atoms with Crippen molar-refractivity contribution in [2.45, 2.75) is 11.8 Å². The van der Waals surface area contributed by atoms with Gasteiger partial charge in [0.2, 0.25) is 5.95 Å². The Kier molecular flexibility index (Phi) is 5.47. The zero-order chi connectivity index (χ0) is 21.1. The predicted molar refractivity (Wildman–Crippen MR) is 116 cm³/mol. The Labute approximate surface area is 174 Å². The Balaban J connectivity index is 1.65. The summed E-state index contributed by atoms with van der Waals surface area (Å²) in [5.41, 5.74) is 3.87. The SMILES string of the molecule is COCCS(=O)(=O)c1ccccc1Nc1nccc(-c2ccc3c(C)[nH]nc3c2)n1. The molecule has 0 bridgehead atoms. The molecule has 0 saturated heterocycles. The van der Waals surface area contributed by atoms with Crippen molar-refractivity contribution in [3.63, 3.8) is 0 Å². The molecular weight excluding hydrogens is 402 g/mol. The minimum Gasteiger partial charge on any atom is -0.384 e. The molecule has 2 heterocycles. The van der Waals surface area contributed by atoms with Crippen molar-refractivity contribution >= 4 is 32.4 Å². The molecule has 0 aliphatic heterocycles. The molecule has 0 radical (unpaired) electrons. The first kappa shape index (κ1) is 20.0. The van der Waals surface area contributed by atoms with Crippen LogP contribution in [0.5, 0.6) is 0 Å². The number of aromatic amines is 1. The molecule has 0 amide bonds. The summed E-state index contributed by atoms with van der Waals surface area (Å²) in [5.74, 6) is 0.201. The molecule has 0 saturated carbocycles. The highest BCUT2D eigenvalue weighted by atomic mass is 32.2. The largest absolute Gasteiger partial charge is 0.384 e. The lowest BCUT2D eigenvalue weighted by atomic mass is 10.1. The molecule has 0 fully saturated rings. The van der Waals surface area contributed by atoms with Gasteiger partial charge in [0.25, 0.3) is 0 Å². The number of benzene rings is 2. The van der Waals surface area contributed by atoms with Crippen molar-refractivity contribution in [1.29, 1.82) is 0 Å². The summed E-state index contributed by atoms with van der Waals surface area (Å²) in [6, 6.07) is 14.4. The molecule has 0 aliphatic carbocycles. The van der Waals surface area contributed by atoms with Crippen molar-refractivity contribution in [3.8, 4) is 11.3 Å². The van der Waals surface area contributed by atoms with Gasteiger partial charge >= 0.3 is 0 Å². The van der Waals surface area contributed by atoms with Crippen LogP contribution in [0.2, 0.25) is 0 Å². The summed E-state index contributed by atoms with van der Waals surface area (Å²) in [6.07, 6.45) is 1.63. The highest BCUT2D eigenvalue weighted by Crippen LogP contribution is 2.27. The number of nitrogens with zero attached hydrogens (tertiary/aromatic N) is 3. The van der Waals surface area contributed by atoms with E-state index in [0.29, 0.717) is 17.3 Å². The molecule has 154 valence electrons. The van der Waals surface area contributed by atoms with Crippen LogP contribution in [0, 0.1) is 6.92 Å². The number of hydrogen-bond acceptors (Lipinski definition) is 7. The molecule has 0 spiro atoms. The van der Waals surface area contributed by atoms with Crippen LogP contribution < -0.4 is 5.32 Å².